The third-order valence-corrected chi connectivity index (χ3v) is 2.51. The molecule has 2 atom stereocenters. The van der Waals surface area contributed by atoms with E-state index in [4.69, 9.17) is 10.9 Å². The second-order valence-electron chi connectivity index (χ2n) is 3.40. The topological polar surface area (TPSA) is 92.4 Å². The summed E-state index contributed by atoms with van der Waals surface area (Å²) in [7, 11) is 0. The molecule has 1 amide bonds. The van der Waals surface area contributed by atoms with E-state index in [1.807, 2.05) is 0 Å². The molecule has 0 spiro atoms. The van der Waals surface area contributed by atoms with E-state index in [0.717, 1.165) is 18.2 Å². The number of hydrazine groups is 1. The lowest BCUT2D eigenvalue weighted by atomic mass is 9.71. The molecule has 0 unspecified atom stereocenters. The summed E-state index contributed by atoms with van der Waals surface area (Å²) in [4.78, 5) is 22.2. The van der Waals surface area contributed by atoms with Crippen LogP contribution in [0.2, 0.25) is 0 Å². The van der Waals surface area contributed by atoms with Gasteiger partial charge in [0.25, 0.3) is 5.91 Å². The van der Waals surface area contributed by atoms with Crippen molar-refractivity contribution in [2.24, 2.45) is 17.2 Å². The fourth-order valence-electron chi connectivity index (χ4n) is 1.65. The first-order valence-corrected chi connectivity index (χ1v) is 4.44. The number of nitrogens with two attached hydrogens (primary N) is 1. The number of allylic oxidation sites excluding steroid dienone is 2. The van der Waals surface area contributed by atoms with E-state index in [2.05, 4.69) is 0 Å². The van der Waals surface area contributed by atoms with Crippen molar-refractivity contribution in [1.29, 1.82) is 0 Å². The van der Waals surface area contributed by atoms with Gasteiger partial charge < -0.3 is 5.11 Å². The zero-order valence-corrected chi connectivity index (χ0v) is 8.36. The summed E-state index contributed by atoms with van der Waals surface area (Å²) < 4.78 is 38.9. The summed E-state index contributed by atoms with van der Waals surface area (Å²) in [5.41, 5.74) is -1.82. The minimum Gasteiger partial charge on any atom is -0.481 e. The zero-order valence-electron chi connectivity index (χ0n) is 8.36. The highest BCUT2D eigenvalue weighted by Gasteiger charge is 2.65. The van der Waals surface area contributed by atoms with Crippen LogP contribution in [0.5, 0.6) is 0 Å². The number of carboxylic acid groups (broad SMARTS) is 1. The SMILES string of the molecule is NNC(=O)[C@]1(C(F)(F)F)C=CC=C[C@@H]1C(=O)O. The van der Waals surface area contributed by atoms with Crippen molar-refractivity contribution < 1.29 is 27.9 Å². The predicted molar refractivity (Wildman–Crippen MR) is 50.2 cm³/mol. The van der Waals surface area contributed by atoms with Gasteiger partial charge in [-0.3, -0.25) is 15.0 Å². The third-order valence-electron chi connectivity index (χ3n) is 2.51. The van der Waals surface area contributed by atoms with E-state index >= 15 is 0 Å². The van der Waals surface area contributed by atoms with Gasteiger partial charge in [-0.15, -0.1) is 0 Å². The number of hydrogen-bond donors (Lipinski definition) is 3. The minimum atomic E-state index is -5.07. The van der Waals surface area contributed by atoms with Crippen LogP contribution in [0.15, 0.2) is 24.3 Å². The Morgan fingerprint density at radius 1 is 1.35 bits per heavy atom. The monoisotopic (exact) mass is 250 g/mol. The van der Waals surface area contributed by atoms with Crippen molar-refractivity contribution >= 4 is 11.9 Å². The molecule has 0 aromatic rings. The molecule has 0 fully saturated rings. The molecule has 5 nitrogen and oxygen atoms in total. The molecular formula is C9H9F3N2O3. The average molecular weight is 250 g/mol. The van der Waals surface area contributed by atoms with Gasteiger partial charge in [0.15, 0.2) is 5.41 Å². The van der Waals surface area contributed by atoms with E-state index in [9.17, 15) is 22.8 Å². The highest BCUT2D eigenvalue weighted by molar-refractivity contribution is 5.92. The highest BCUT2D eigenvalue weighted by Crippen LogP contribution is 2.47. The lowest BCUT2D eigenvalue weighted by Gasteiger charge is -2.35. The largest absolute Gasteiger partial charge is 0.481 e. The van der Waals surface area contributed by atoms with E-state index in [1.54, 1.807) is 0 Å². The number of aliphatic carboxylic acids is 1. The van der Waals surface area contributed by atoms with Gasteiger partial charge in [0.2, 0.25) is 0 Å². The van der Waals surface area contributed by atoms with Crippen molar-refractivity contribution in [3.63, 3.8) is 0 Å². The minimum absolute atomic E-state index is 0.494. The maximum atomic E-state index is 13.0. The molecule has 0 bridgehead atoms. The maximum absolute atomic E-state index is 13.0. The number of carbonyl (C=O) groups excluding carboxylic acids is 1. The number of hydrogen-bond acceptors (Lipinski definition) is 3. The Morgan fingerprint density at radius 3 is 2.35 bits per heavy atom. The second-order valence-corrected chi connectivity index (χ2v) is 3.40. The molecule has 1 aliphatic carbocycles. The summed E-state index contributed by atoms with van der Waals surface area (Å²) in [6.45, 7) is 0. The highest BCUT2D eigenvalue weighted by atomic mass is 19.4. The molecule has 0 aromatic heterocycles. The van der Waals surface area contributed by atoms with Crippen LogP contribution in [0.3, 0.4) is 0 Å². The summed E-state index contributed by atoms with van der Waals surface area (Å²) in [6, 6.07) is 0. The molecule has 0 aliphatic heterocycles. The smallest absolute Gasteiger partial charge is 0.407 e. The predicted octanol–water partition coefficient (Wildman–Crippen LogP) is 0.352. The van der Waals surface area contributed by atoms with Crippen LogP contribution in [0.1, 0.15) is 0 Å². The van der Waals surface area contributed by atoms with Crippen molar-refractivity contribution in [3.05, 3.63) is 24.3 Å². The molecule has 1 rings (SSSR count). The Balaban J connectivity index is 3.41. The molecule has 94 valence electrons. The fraction of sp³-hybridized carbons (Fsp3) is 0.333. The van der Waals surface area contributed by atoms with Gasteiger partial charge in [-0.2, -0.15) is 13.2 Å². The molecular weight excluding hydrogens is 241 g/mol. The number of rotatable bonds is 2. The number of nitrogens with one attached hydrogen (secondary N) is 1. The van der Waals surface area contributed by atoms with Crippen LogP contribution in [0.25, 0.3) is 0 Å². The molecule has 0 aromatic carbocycles. The van der Waals surface area contributed by atoms with Crippen molar-refractivity contribution in [2.45, 2.75) is 6.18 Å². The number of carbonyl (C=O) groups is 2. The number of amides is 1. The lowest BCUT2D eigenvalue weighted by molar-refractivity contribution is -0.220. The van der Waals surface area contributed by atoms with Crippen LogP contribution in [0.4, 0.5) is 13.2 Å². The fourth-order valence-corrected chi connectivity index (χ4v) is 1.65. The van der Waals surface area contributed by atoms with Gasteiger partial charge in [-0.1, -0.05) is 24.3 Å². The molecule has 0 saturated heterocycles. The molecule has 4 N–H and O–H groups in total. The lowest BCUT2D eigenvalue weighted by Crippen LogP contribution is -2.57. The number of halogens is 3. The van der Waals surface area contributed by atoms with E-state index in [0.29, 0.717) is 6.08 Å². The molecule has 1 aliphatic rings. The van der Waals surface area contributed by atoms with Gasteiger partial charge in [-0.05, 0) is 0 Å². The second kappa shape index (κ2) is 4.21. The summed E-state index contributed by atoms with van der Waals surface area (Å²) in [6.07, 6.45) is -1.69. The Morgan fingerprint density at radius 2 is 1.94 bits per heavy atom. The first-order valence-electron chi connectivity index (χ1n) is 4.44. The van der Waals surface area contributed by atoms with Gasteiger partial charge in [0.1, 0.15) is 5.92 Å². The molecule has 8 heteroatoms. The Kier molecular flexibility index (Phi) is 3.28. The van der Waals surface area contributed by atoms with E-state index < -0.39 is 29.4 Å². The summed E-state index contributed by atoms with van der Waals surface area (Å²) in [5, 5.41) is 8.78. The molecule has 0 radical (unpaired) electrons. The van der Waals surface area contributed by atoms with E-state index in [-0.39, 0.29) is 0 Å². The molecule has 0 heterocycles. The maximum Gasteiger partial charge on any atom is 0.407 e. The Bertz CT molecular complexity index is 403. The summed E-state index contributed by atoms with van der Waals surface area (Å²) >= 11 is 0. The zero-order chi connectivity index (χ0) is 13.3. The first kappa shape index (κ1) is 13.2. The van der Waals surface area contributed by atoms with Crippen LogP contribution < -0.4 is 11.3 Å². The van der Waals surface area contributed by atoms with Crippen LogP contribution >= 0.6 is 0 Å². The third kappa shape index (κ3) is 1.91. The number of alkyl halides is 3. The average Bonchev–Trinajstić information content (AvgIpc) is 2.26. The van der Waals surface area contributed by atoms with Crippen molar-refractivity contribution in [3.8, 4) is 0 Å². The number of carboxylic acids is 1. The van der Waals surface area contributed by atoms with Crippen molar-refractivity contribution in [2.75, 3.05) is 0 Å². The Labute approximate surface area is 93.7 Å². The van der Waals surface area contributed by atoms with Crippen LogP contribution in [-0.2, 0) is 9.59 Å². The van der Waals surface area contributed by atoms with Gasteiger partial charge in [0.05, 0.1) is 0 Å². The summed E-state index contributed by atoms with van der Waals surface area (Å²) in [5.74, 6) is -0.719. The standard InChI is InChI=1S/C9H9F3N2O3/c10-9(11,12)8(7(17)14-13)4-2-1-3-5(8)6(15)16/h1-5H,13H2,(H,14,17)(H,15,16)/t5-,8+/m1/s1. The van der Waals surface area contributed by atoms with Gasteiger partial charge in [-0.25, -0.2) is 5.84 Å². The first-order chi connectivity index (χ1) is 7.77. The van der Waals surface area contributed by atoms with Crippen molar-refractivity contribution in [1.82, 2.24) is 5.43 Å². The van der Waals surface area contributed by atoms with Crippen LogP contribution in [0, 0.1) is 11.3 Å². The normalized spacial score (nSPS) is 27.9. The Hall–Kier alpha value is -1.83. The molecule has 0 saturated carbocycles. The van der Waals surface area contributed by atoms with Gasteiger partial charge >= 0.3 is 12.1 Å². The van der Waals surface area contributed by atoms with Crippen LogP contribution in [-0.4, -0.2) is 23.2 Å². The molecule has 17 heavy (non-hydrogen) atoms. The quantitative estimate of drug-likeness (QED) is 0.374. The van der Waals surface area contributed by atoms with E-state index in [1.165, 1.54) is 5.43 Å². The van der Waals surface area contributed by atoms with Gasteiger partial charge in [0, 0.05) is 0 Å².